The molecule has 6 nitrogen and oxygen atoms in total. The number of benzene rings is 12. The molecule has 0 aliphatic heterocycles. The average molecular weight is 1140 g/mol. The topological polar surface area (TPSA) is 93.1 Å². The molecule has 0 aliphatic carbocycles. The Morgan fingerprint density at radius 3 is 0.695 bits per heavy atom. The lowest BCUT2D eigenvalue weighted by molar-refractivity contribution is -0.176. The van der Waals surface area contributed by atoms with Crippen LogP contribution in [0.4, 0.5) is 0 Å². The molecule has 0 heterocycles. The van der Waals surface area contributed by atoms with Gasteiger partial charge in [0.2, 0.25) is 0 Å². The lowest BCUT2D eigenvalue weighted by atomic mass is 10.3. The molecule has 12 aromatic rings. The number of ether oxygens (including phenoxy) is 2. The van der Waals surface area contributed by atoms with E-state index in [9.17, 15) is 0 Å². The van der Waals surface area contributed by atoms with E-state index in [1.165, 1.54) is 31.8 Å². The van der Waals surface area contributed by atoms with Crippen molar-refractivity contribution in [1.29, 1.82) is 0 Å². The van der Waals surface area contributed by atoms with E-state index in [-0.39, 0.29) is 0 Å². The van der Waals surface area contributed by atoms with Gasteiger partial charge in [-0.05, 0) is 73.5 Å². The lowest BCUT2D eigenvalue weighted by Gasteiger charge is -2.25. The van der Waals surface area contributed by atoms with Crippen LogP contribution >= 0.6 is 30.1 Å². The molecule has 0 aromatic heterocycles. The minimum Gasteiger partial charge on any atom is -0.456 e. The van der Waals surface area contributed by atoms with Gasteiger partial charge in [-0.3, -0.25) is 10.5 Å². The summed E-state index contributed by atoms with van der Waals surface area (Å²) >= 11 is 0. The molecular formula is C72H58O6P4. The molecule has 0 saturated carbocycles. The van der Waals surface area contributed by atoms with Crippen LogP contribution in [0.15, 0.2) is 340 Å². The van der Waals surface area contributed by atoms with Crippen molar-refractivity contribution in [2.75, 3.05) is 0 Å². The van der Waals surface area contributed by atoms with Crippen LogP contribution in [0.2, 0.25) is 0 Å². The summed E-state index contributed by atoms with van der Waals surface area (Å²) in [7, 11) is -8.22. The molecule has 0 unspecified atom stereocenters. The van der Waals surface area contributed by atoms with E-state index in [0.29, 0.717) is 22.1 Å². The number of rotatable bonds is 16. The first-order valence-electron chi connectivity index (χ1n) is 26.7. The zero-order valence-electron chi connectivity index (χ0n) is 44.6. The first-order valence-corrected chi connectivity index (χ1v) is 32.8. The van der Waals surface area contributed by atoms with E-state index in [1.54, 1.807) is 0 Å². The van der Waals surface area contributed by atoms with Crippen molar-refractivity contribution >= 4 is 93.8 Å². The molecule has 0 aliphatic rings. The molecule has 10 heteroatoms. The smallest absolute Gasteiger partial charge is 0.174 e. The summed E-state index contributed by atoms with van der Waals surface area (Å²) in [6.07, 6.45) is 0. The van der Waals surface area contributed by atoms with Gasteiger partial charge in [-0.1, -0.05) is 303 Å². The molecule has 0 bridgehead atoms. The number of hydrogen-bond donors (Lipinski definition) is 2. The monoisotopic (exact) mass is 1140 g/mol. The zero-order valence-corrected chi connectivity index (χ0v) is 48.2. The van der Waals surface area contributed by atoms with Gasteiger partial charge in [0.1, 0.15) is 23.0 Å². The fourth-order valence-corrected chi connectivity index (χ4v) is 20.1. The Labute approximate surface area is 482 Å². The van der Waals surface area contributed by atoms with Gasteiger partial charge >= 0.3 is 0 Å². The van der Waals surface area contributed by atoms with Crippen molar-refractivity contribution in [3.63, 3.8) is 0 Å². The van der Waals surface area contributed by atoms with Crippen molar-refractivity contribution < 1.29 is 29.1 Å². The standard InChI is InChI=1S/C36H28O3P2.C36H28OP2.H2O2/c37-40(29-17-5-1-6-18-29,30-19-7-2-8-20-30)35-27-15-13-25-33(35)39-34-26-14-16-28-36(34)41(38,31-21-9-3-10-22-31)32-23-11-4-12-24-32;1-5-17-29(18-6-1)38(30-19-7-2-8-20-30)35-27-15-13-25-33(35)37-34-26-14-16-28-36(34)39(31-21-9-3-10-22-31)32-23-11-4-12-24-32;1-2/h1-28H;1-28H;1-2H. The molecular weight excluding hydrogens is 1080 g/mol. The second-order valence-corrected chi connectivity index (χ2v) is 28.5. The highest BCUT2D eigenvalue weighted by Crippen LogP contribution is 2.49. The third-order valence-corrected chi connectivity index (χ3v) is 24.8. The fraction of sp³-hybridized carbons (Fsp3) is 0. The van der Waals surface area contributed by atoms with Gasteiger partial charge in [-0.2, -0.15) is 0 Å². The highest BCUT2D eigenvalue weighted by Gasteiger charge is 2.36. The van der Waals surface area contributed by atoms with Crippen LogP contribution in [0.3, 0.4) is 0 Å². The Morgan fingerprint density at radius 2 is 0.427 bits per heavy atom. The van der Waals surface area contributed by atoms with Gasteiger partial charge in [-0.15, -0.1) is 0 Å². The molecule has 12 rings (SSSR count). The Morgan fingerprint density at radius 1 is 0.232 bits per heavy atom. The Kier molecular flexibility index (Phi) is 19.2. The van der Waals surface area contributed by atoms with Gasteiger partial charge in [0, 0.05) is 31.8 Å². The summed E-state index contributed by atoms with van der Waals surface area (Å²) in [4.78, 5) is 0. The van der Waals surface area contributed by atoms with Crippen LogP contribution in [0, 0.1) is 0 Å². The van der Waals surface area contributed by atoms with Crippen LogP contribution < -0.4 is 73.1 Å². The summed E-state index contributed by atoms with van der Waals surface area (Å²) < 4.78 is 44.0. The molecule has 0 atom stereocenters. The quantitative estimate of drug-likeness (QED) is 0.0569. The Bertz CT molecular complexity index is 3590. The maximum Gasteiger partial charge on any atom is 0.174 e. The summed E-state index contributed by atoms with van der Waals surface area (Å²) in [6, 6.07) is 113. The SMILES string of the molecule is O=P(c1ccccc1)(c1ccccc1)c1ccccc1Oc1ccccc1P(=O)(c1ccccc1)c1ccccc1.OO.c1ccc(P(c2ccccc2)c2ccccc2Oc2ccccc2P(c2ccccc2)c2ccccc2)cc1. The van der Waals surface area contributed by atoms with Gasteiger partial charge < -0.3 is 18.6 Å². The van der Waals surface area contributed by atoms with E-state index < -0.39 is 30.1 Å². The van der Waals surface area contributed by atoms with Crippen LogP contribution in [-0.4, -0.2) is 10.5 Å². The minimum atomic E-state index is -3.32. The first-order chi connectivity index (χ1) is 40.5. The predicted octanol–water partition coefficient (Wildman–Crippen LogP) is 13.8. The van der Waals surface area contributed by atoms with Crippen LogP contribution in [0.25, 0.3) is 0 Å². The fourth-order valence-electron chi connectivity index (χ4n) is 9.87. The molecule has 0 spiro atoms. The third kappa shape index (κ3) is 12.7. The van der Waals surface area contributed by atoms with Crippen molar-refractivity contribution in [1.82, 2.24) is 0 Å². The summed E-state index contributed by atoms with van der Waals surface area (Å²) in [5.41, 5.74) is 0. The highest BCUT2D eigenvalue weighted by atomic mass is 31.2. The maximum absolute atomic E-state index is 15.2. The van der Waals surface area contributed by atoms with Crippen molar-refractivity contribution in [2.45, 2.75) is 0 Å². The van der Waals surface area contributed by atoms with Crippen LogP contribution in [-0.2, 0) is 9.13 Å². The van der Waals surface area contributed by atoms with Gasteiger partial charge in [0.05, 0.1) is 10.6 Å². The molecule has 2 N–H and O–H groups in total. The highest BCUT2D eigenvalue weighted by molar-refractivity contribution is 7.86. The van der Waals surface area contributed by atoms with E-state index in [2.05, 4.69) is 170 Å². The molecule has 0 fully saturated rings. The summed E-state index contributed by atoms with van der Waals surface area (Å²) in [5, 5.41) is 23.7. The van der Waals surface area contributed by atoms with Crippen LogP contribution in [0.1, 0.15) is 0 Å². The first kappa shape index (κ1) is 56.7. The summed E-state index contributed by atoms with van der Waals surface area (Å²) in [6.45, 7) is 0. The summed E-state index contributed by atoms with van der Waals surface area (Å²) in [5.74, 6) is 2.73. The van der Waals surface area contributed by atoms with Crippen molar-refractivity contribution in [2.24, 2.45) is 0 Å². The van der Waals surface area contributed by atoms with Gasteiger partial charge in [0.15, 0.2) is 14.3 Å². The second-order valence-electron chi connectivity index (χ2n) is 18.6. The largest absolute Gasteiger partial charge is 0.456 e. The lowest BCUT2D eigenvalue weighted by Crippen LogP contribution is -2.27. The second kappa shape index (κ2) is 27.8. The van der Waals surface area contributed by atoms with Crippen molar-refractivity contribution in [3.05, 3.63) is 340 Å². The minimum absolute atomic E-state index is 0.462. The van der Waals surface area contributed by atoms with Crippen molar-refractivity contribution in [3.8, 4) is 23.0 Å². The molecule has 0 amide bonds. The van der Waals surface area contributed by atoms with Gasteiger partial charge in [-0.25, -0.2) is 0 Å². The Balaban J connectivity index is 0.000000179. The molecule has 12 aromatic carbocycles. The van der Waals surface area contributed by atoms with E-state index in [4.69, 9.17) is 20.0 Å². The normalized spacial score (nSPS) is 11.1. The molecule has 0 saturated heterocycles. The van der Waals surface area contributed by atoms with Gasteiger partial charge in [0.25, 0.3) is 0 Å². The zero-order chi connectivity index (χ0) is 56.4. The molecule has 0 radical (unpaired) electrons. The van der Waals surface area contributed by atoms with E-state index in [1.807, 2.05) is 170 Å². The number of hydrogen-bond acceptors (Lipinski definition) is 6. The van der Waals surface area contributed by atoms with E-state index >= 15 is 9.13 Å². The number of para-hydroxylation sites is 4. The Hall–Kier alpha value is -8.52. The maximum atomic E-state index is 15.2. The van der Waals surface area contributed by atoms with E-state index in [0.717, 1.165) is 32.7 Å². The predicted molar refractivity (Wildman–Crippen MR) is 347 cm³/mol. The average Bonchev–Trinajstić information content (AvgIpc) is 3.75. The van der Waals surface area contributed by atoms with Crippen LogP contribution in [0.5, 0.6) is 23.0 Å². The third-order valence-electron chi connectivity index (χ3n) is 13.6. The molecule has 82 heavy (non-hydrogen) atoms. The molecule has 402 valence electrons.